The highest BCUT2D eigenvalue weighted by Crippen LogP contribution is 2.22. The van der Waals surface area contributed by atoms with Gasteiger partial charge in [0.2, 0.25) is 0 Å². The van der Waals surface area contributed by atoms with Gasteiger partial charge in [-0.15, -0.1) is 0 Å². The second-order valence-corrected chi connectivity index (χ2v) is 6.98. The van der Waals surface area contributed by atoms with Gasteiger partial charge in [-0.3, -0.25) is 0 Å². The molecule has 0 radical (unpaired) electrons. The molecule has 124 valence electrons. The van der Waals surface area contributed by atoms with Crippen molar-refractivity contribution in [3.05, 3.63) is 59.8 Å². The molecular weight excluding hydrogens is 326 g/mol. The van der Waals surface area contributed by atoms with Crippen molar-refractivity contribution in [2.45, 2.75) is 11.8 Å². The number of aromatic nitrogens is 1. The molecule has 3 aromatic rings. The normalized spacial score (nSPS) is 11.9. The third kappa shape index (κ3) is 3.26. The van der Waals surface area contributed by atoms with E-state index in [1.165, 1.54) is 6.21 Å². The second-order valence-electron chi connectivity index (χ2n) is 5.32. The van der Waals surface area contributed by atoms with E-state index >= 15 is 0 Å². The van der Waals surface area contributed by atoms with E-state index < -0.39 is 10.0 Å². The number of H-pyrrole nitrogens is 1. The second kappa shape index (κ2) is 6.37. The molecule has 0 bridgehead atoms. The highest BCUT2D eigenvalue weighted by Gasteiger charge is 2.12. The van der Waals surface area contributed by atoms with E-state index in [4.69, 9.17) is 4.74 Å². The summed E-state index contributed by atoms with van der Waals surface area (Å²) in [6, 6.07) is 12.2. The monoisotopic (exact) mass is 343 g/mol. The zero-order chi connectivity index (χ0) is 17.2. The summed E-state index contributed by atoms with van der Waals surface area (Å²) in [4.78, 5) is 5.50. The summed E-state index contributed by atoms with van der Waals surface area (Å²) < 4.78 is 29.6. The molecule has 0 aliphatic carbocycles. The minimum Gasteiger partial charge on any atom is -0.497 e. The number of aryl methyl sites for hydroxylation is 1. The minimum atomic E-state index is -3.68. The smallest absolute Gasteiger partial charge is 0.276 e. The van der Waals surface area contributed by atoms with Gasteiger partial charge in [-0.1, -0.05) is 17.7 Å². The minimum absolute atomic E-state index is 0.172. The Bertz CT molecular complexity index is 990. The number of hydrogen-bond acceptors (Lipinski definition) is 4. The van der Waals surface area contributed by atoms with Gasteiger partial charge in [0.05, 0.1) is 18.2 Å². The van der Waals surface area contributed by atoms with Crippen molar-refractivity contribution in [1.82, 2.24) is 9.82 Å². The van der Waals surface area contributed by atoms with E-state index in [0.717, 1.165) is 27.8 Å². The fourth-order valence-electron chi connectivity index (χ4n) is 2.29. The maximum Gasteiger partial charge on any atom is 0.276 e. The van der Waals surface area contributed by atoms with Gasteiger partial charge in [0.25, 0.3) is 10.0 Å². The zero-order valence-corrected chi connectivity index (χ0v) is 14.1. The van der Waals surface area contributed by atoms with Crippen molar-refractivity contribution in [2.24, 2.45) is 5.10 Å². The predicted molar refractivity (Wildman–Crippen MR) is 93.9 cm³/mol. The molecule has 1 aromatic heterocycles. The maximum absolute atomic E-state index is 12.2. The van der Waals surface area contributed by atoms with Crippen LogP contribution in [0.3, 0.4) is 0 Å². The molecule has 2 N–H and O–H groups in total. The van der Waals surface area contributed by atoms with Gasteiger partial charge in [-0.25, -0.2) is 4.83 Å². The Balaban J connectivity index is 1.82. The fraction of sp³-hybridized carbons (Fsp3) is 0.118. The van der Waals surface area contributed by atoms with Crippen LogP contribution in [0, 0.1) is 6.92 Å². The first-order chi connectivity index (χ1) is 11.5. The van der Waals surface area contributed by atoms with Gasteiger partial charge >= 0.3 is 0 Å². The van der Waals surface area contributed by atoms with E-state index in [1.54, 1.807) is 37.6 Å². The number of hydrogen-bond donors (Lipinski definition) is 2. The third-order valence-corrected chi connectivity index (χ3v) is 4.87. The molecule has 0 amide bonds. The topological polar surface area (TPSA) is 83.5 Å². The first-order valence-corrected chi connectivity index (χ1v) is 8.74. The molecule has 0 aliphatic heterocycles. The van der Waals surface area contributed by atoms with Crippen LogP contribution in [0.1, 0.15) is 11.1 Å². The summed E-state index contributed by atoms with van der Waals surface area (Å²) in [5.41, 5.74) is 2.67. The first kappa shape index (κ1) is 16.1. The van der Waals surface area contributed by atoms with Gasteiger partial charge in [-0.2, -0.15) is 13.5 Å². The molecule has 24 heavy (non-hydrogen) atoms. The van der Waals surface area contributed by atoms with Gasteiger partial charge < -0.3 is 9.72 Å². The van der Waals surface area contributed by atoms with Crippen molar-refractivity contribution in [3.8, 4) is 5.75 Å². The van der Waals surface area contributed by atoms with Crippen molar-refractivity contribution < 1.29 is 13.2 Å². The van der Waals surface area contributed by atoms with Crippen LogP contribution in [0.15, 0.2) is 58.7 Å². The average molecular weight is 343 g/mol. The van der Waals surface area contributed by atoms with Crippen LogP contribution in [0.4, 0.5) is 0 Å². The summed E-state index contributed by atoms with van der Waals surface area (Å²) in [6.07, 6.45) is 3.22. The lowest BCUT2D eigenvalue weighted by molar-refractivity contribution is 0.415. The van der Waals surface area contributed by atoms with E-state index in [9.17, 15) is 8.42 Å². The van der Waals surface area contributed by atoms with Crippen molar-refractivity contribution in [2.75, 3.05) is 7.11 Å². The first-order valence-electron chi connectivity index (χ1n) is 7.26. The van der Waals surface area contributed by atoms with Crippen molar-refractivity contribution in [3.63, 3.8) is 0 Å². The van der Waals surface area contributed by atoms with Gasteiger partial charge in [0.1, 0.15) is 5.75 Å². The van der Waals surface area contributed by atoms with Crippen LogP contribution in [-0.4, -0.2) is 26.7 Å². The summed E-state index contributed by atoms with van der Waals surface area (Å²) >= 11 is 0. The predicted octanol–water partition coefficient (Wildman–Crippen LogP) is 2.80. The highest BCUT2D eigenvalue weighted by molar-refractivity contribution is 7.89. The van der Waals surface area contributed by atoms with Gasteiger partial charge in [0, 0.05) is 22.7 Å². The standard InChI is InChI=1S/C17H17N3O3S/c1-12-3-6-15(7-4-12)24(21,22)20-19-11-13-10-18-17-8-5-14(23-2)9-16(13)17/h3-11,18,20H,1-2H3/b19-11-. The average Bonchev–Trinajstić information content (AvgIpc) is 2.97. The van der Waals surface area contributed by atoms with E-state index in [0.29, 0.717) is 0 Å². The molecule has 6 nitrogen and oxygen atoms in total. The Hall–Kier alpha value is -2.80. The van der Waals surface area contributed by atoms with E-state index in [1.807, 2.05) is 25.1 Å². The number of rotatable bonds is 5. The largest absolute Gasteiger partial charge is 0.497 e. The summed E-state index contributed by atoms with van der Waals surface area (Å²) in [6.45, 7) is 1.90. The Kier molecular flexibility index (Phi) is 4.26. The number of nitrogens with zero attached hydrogens (tertiary/aromatic N) is 1. The summed E-state index contributed by atoms with van der Waals surface area (Å²) in [5.74, 6) is 0.719. The maximum atomic E-state index is 12.2. The Labute approximate surface area is 140 Å². The quantitative estimate of drug-likeness (QED) is 0.552. The molecule has 0 unspecified atom stereocenters. The van der Waals surface area contributed by atoms with Crippen LogP contribution in [-0.2, 0) is 10.0 Å². The number of sulfonamides is 1. The Morgan fingerprint density at radius 3 is 2.62 bits per heavy atom. The lowest BCUT2D eigenvalue weighted by Gasteiger charge is -2.03. The lowest BCUT2D eigenvalue weighted by Crippen LogP contribution is -2.18. The molecule has 3 rings (SSSR count). The molecule has 0 aliphatic rings. The number of ether oxygens (including phenoxy) is 1. The van der Waals surface area contributed by atoms with E-state index in [-0.39, 0.29) is 4.90 Å². The van der Waals surface area contributed by atoms with Crippen molar-refractivity contribution in [1.29, 1.82) is 0 Å². The van der Waals surface area contributed by atoms with Crippen LogP contribution >= 0.6 is 0 Å². The number of methoxy groups -OCH3 is 1. The molecular formula is C17H17N3O3S. The molecule has 0 spiro atoms. The third-order valence-electron chi connectivity index (χ3n) is 3.63. The van der Waals surface area contributed by atoms with E-state index in [2.05, 4.69) is 14.9 Å². The molecule has 0 saturated heterocycles. The van der Waals surface area contributed by atoms with Crippen LogP contribution in [0.5, 0.6) is 5.75 Å². The molecule has 0 atom stereocenters. The highest BCUT2D eigenvalue weighted by atomic mass is 32.2. The molecule has 7 heteroatoms. The summed E-state index contributed by atoms with van der Waals surface area (Å²) in [7, 11) is -2.08. The van der Waals surface area contributed by atoms with Crippen LogP contribution < -0.4 is 9.57 Å². The van der Waals surface area contributed by atoms with Crippen LogP contribution in [0.2, 0.25) is 0 Å². The number of hydrazone groups is 1. The van der Waals surface area contributed by atoms with Gasteiger partial charge in [0.15, 0.2) is 0 Å². The number of fused-ring (bicyclic) bond motifs is 1. The number of benzene rings is 2. The molecule has 0 fully saturated rings. The SMILES string of the molecule is COc1ccc2[nH]cc(/C=N\NS(=O)(=O)c3ccc(C)cc3)c2c1. The molecule has 2 aromatic carbocycles. The number of nitrogens with one attached hydrogen (secondary N) is 2. The van der Waals surface area contributed by atoms with Crippen LogP contribution in [0.25, 0.3) is 10.9 Å². The Morgan fingerprint density at radius 2 is 1.92 bits per heavy atom. The summed E-state index contributed by atoms with van der Waals surface area (Å²) in [5, 5.41) is 4.76. The molecule has 0 saturated carbocycles. The van der Waals surface area contributed by atoms with Gasteiger partial charge in [-0.05, 0) is 37.3 Å². The molecule has 1 heterocycles. The number of aromatic amines is 1. The lowest BCUT2D eigenvalue weighted by atomic mass is 10.2. The fourth-order valence-corrected chi connectivity index (χ4v) is 3.08. The van der Waals surface area contributed by atoms with Crippen molar-refractivity contribution >= 4 is 27.1 Å². The zero-order valence-electron chi connectivity index (χ0n) is 13.3. The Morgan fingerprint density at radius 1 is 1.17 bits per heavy atom.